The highest BCUT2D eigenvalue weighted by Gasteiger charge is 2.55. The van der Waals surface area contributed by atoms with Gasteiger partial charge in [0.05, 0.1) is 45.1 Å². The van der Waals surface area contributed by atoms with Gasteiger partial charge in [-0.1, -0.05) is 6.92 Å². The third-order valence-corrected chi connectivity index (χ3v) is 4.84. The van der Waals surface area contributed by atoms with Crippen molar-refractivity contribution in [2.75, 3.05) is 33.9 Å². The molecular weight excluding hydrogens is 298 g/mol. The largest absolute Gasteiger partial charge is 0.497 e. The summed E-state index contributed by atoms with van der Waals surface area (Å²) < 4.78 is 16.2. The topological polar surface area (TPSA) is 68.2 Å². The van der Waals surface area contributed by atoms with Crippen molar-refractivity contribution in [3.05, 3.63) is 23.8 Å². The highest BCUT2D eigenvalue weighted by atomic mass is 16.5. The molecule has 2 heterocycles. The summed E-state index contributed by atoms with van der Waals surface area (Å²) in [6.45, 7) is 3.30. The number of aliphatic hydroxyl groups is 1. The van der Waals surface area contributed by atoms with Crippen LogP contribution in [0.15, 0.2) is 18.2 Å². The van der Waals surface area contributed by atoms with Crippen LogP contribution in [0, 0.1) is 0 Å². The molecule has 6 nitrogen and oxygen atoms in total. The van der Waals surface area contributed by atoms with Gasteiger partial charge in [0, 0.05) is 12.5 Å². The number of ether oxygens (including phenoxy) is 3. The fourth-order valence-electron chi connectivity index (χ4n) is 3.36. The van der Waals surface area contributed by atoms with E-state index in [1.807, 2.05) is 6.92 Å². The lowest BCUT2D eigenvalue weighted by atomic mass is 9.83. The highest BCUT2D eigenvalue weighted by molar-refractivity contribution is 5.97. The van der Waals surface area contributed by atoms with E-state index in [0.717, 1.165) is 0 Å². The third kappa shape index (κ3) is 2.77. The molecule has 1 unspecified atom stereocenters. The summed E-state index contributed by atoms with van der Waals surface area (Å²) >= 11 is 0. The van der Waals surface area contributed by atoms with Crippen LogP contribution in [0.2, 0.25) is 0 Å². The van der Waals surface area contributed by atoms with Crippen molar-refractivity contribution in [3.8, 4) is 11.5 Å². The van der Waals surface area contributed by atoms with Gasteiger partial charge in [0.2, 0.25) is 0 Å². The van der Waals surface area contributed by atoms with E-state index in [1.54, 1.807) is 30.2 Å². The van der Waals surface area contributed by atoms with Crippen molar-refractivity contribution < 1.29 is 24.1 Å². The highest BCUT2D eigenvalue weighted by Crippen LogP contribution is 2.42. The van der Waals surface area contributed by atoms with Gasteiger partial charge in [0.1, 0.15) is 17.1 Å². The maximum atomic E-state index is 12.7. The van der Waals surface area contributed by atoms with Gasteiger partial charge in [0.25, 0.3) is 5.91 Å². The van der Waals surface area contributed by atoms with Gasteiger partial charge in [-0.3, -0.25) is 4.79 Å². The Bertz CT molecular complexity index is 611. The van der Waals surface area contributed by atoms with Crippen molar-refractivity contribution in [2.24, 2.45) is 0 Å². The standard InChI is InChI=1S/C17H23NO5/c1-4-16(20)8-17(23-11-16)9-18(10-17)15(19)13-6-5-12(21-2)7-14(13)22-3/h5-7,20H,4,8-11H2,1-3H3. The SMILES string of the molecule is CCC1(O)COC2(CN(C(=O)c3ccc(OC)cc3OC)C2)C1. The molecule has 0 saturated carbocycles. The van der Waals surface area contributed by atoms with E-state index in [4.69, 9.17) is 14.2 Å². The van der Waals surface area contributed by atoms with E-state index in [2.05, 4.69) is 0 Å². The summed E-state index contributed by atoms with van der Waals surface area (Å²) in [5.41, 5.74) is -0.639. The monoisotopic (exact) mass is 321 g/mol. The second-order valence-electron chi connectivity index (χ2n) is 6.45. The minimum atomic E-state index is -0.757. The Morgan fingerprint density at radius 2 is 2.09 bits per heavy atom. The Labute approximate surface area is 135 Å². The summed E-state index contributed by atoms with van der Waals surface area (Å²) in [5.74, 6) is 1.05. The quantitative estimate of drug-likeness (QED) is 0.909. The predicted octanol–water partition coefficient (Wildman–Crippen LogP) is 1.46. The second-order valence-corrected chi connectivity index (χ2v) is 6.45. The van der Waals surface area contributed by atoms with Gasteiger partial charge < -0.3 is 24.2 Å². The van der Waals surface area contributed by atoms with Crippen LogP contribution in [0.25, 0.3) is 0 Å². The molecule has 1 aromatic carbocycles. The molecule has 1 atom stereocenters. The van der Waals surface area contributed by atoms with Gasteiger partial charge in [-0.25, -0.2) is 0 Å². The van der Waals surface area contributed by atoms with E-state index in [0.29, 0.717) is 49.6 Å². The maximum absolute atomic E-state index is 12.7. The van der Waals surface area contributed by atoms with Gasteiger partial charge >= 0.3 is 0 Å². The molecule has 2 aliphatic heterocycles. The van der Waals surface area contributed by atoms with Crippen molar-refractivity contribution in [1.82, 2.24) is 4.90 Å². The first-order valence-electron chi connectivity index (χ1n) is 7.82. The van der Waals surface area contributed by atoms with Crippen LogP contribution in [0.5, 0.6) is 11.5 Å². The number of benzene rings is 1. The van der Waals surface area contributed by atoms with Crippen LogP contribution < -0.4 is 9.47 Å². The van der Waals surface area contributed by atoms with Crippen LogP contribution in [-0.4, -0.2) is 61.0 Å². The van der Waals surface area contributed by atoms with E-state index < -0.39 is 5.60 Å². The first kappa shape index (κ1) is 16.1. The molecule has 1 spiro atoms. The Kier molecular flexibility index (Phi) is 3.98. The summed E-state index contributed by atoms with van der Waals surface area (Å²) in [7, 11) is 3.10. The molecule has 2 fully saturated rings. The van der Waals surface area contributed by atoms with E-state index in [-0.39, 0.29) is 11.5 Å². The number of hydrogen-bond acceptors (Lipinski definition) is 5. The molecule has 1 amide bonds. The molecule has 1 aromatic rings. The van der Waals surface area contributed by atoms with Crippen LogP contribution in [0.3, 0.4) is 0 Å². The summed E-state index contributed by atoms with van der Waals surface area (Å²) in [6, 6.07) is 5.15. The van der Waals surface area contributed by atoms with Crippen molar-refractivity contribution in [1.29, 1.82) is 0 Å². The normalized spacial score (nSPS) is 25.3. The molecule has 0 radical (unpaired) electrons. The van der Waals surface area contributed by atoms with Crippen LogP contribution in [0.4, 0.5) is 0 Å². The molecular formula is C17H23NO5. The number of amides is 1. The summed E-state index contributed by atoms with van der Waals surface area (Å²) in [6.07, 6.45) is 1.25. The molecule has 1 N–H and O–H groups in total. The van der Waals surface area contributed by atoms with Crippen molar-refractivity contribution >= 4 is 5.91 Å². The Balaban J connectivity index is 1.70. The molecule has 6 heteroatoms. The molecule has 0 aliphatic carbocycles. The average Bonchev–Trinajstić information content (AvgIpc) is 2.91. The van der Waals surface area contributed by atoms with Crippen LogP contribution >= 0.6 is 0 Å². The van der Waals surface area contributed by atoms with Crippen LogP contribution in [0.1, 0.15) is 30.1 Å². The van der Waals surface area contributed by atoms with Crippen molar-refractivity contribution in [3.63, 3.8) is 0 Å². The minimum Gasteiger partial charge on any atom is -0.497 e. The molecule has 0 aromatic heterocycles. The van der Waals surface area contributed by atoms with E-state index >= 15 is 0 Å². The summed E-state index contributed by atoms with van der Waals surface area (Å²) in [5, 5.41) is 10.3. The summed E-state index contributed by atoms with van der Waals surface area (Å²) in [4.78, 5) is 14.4. The molecule has 3 rings (SSSR count). The number of carbonyl (C=O) groups is 1. The first-order chi connectivity index (χ1) is 10.9. The van der Waals surface area contributed by atoms with E-state index in [9.17, 15) is 9.90 Å². The first-order valence-corrected chi connectivity index (χ1v) is 7.82. The lowest BCUT2D eigenvalue weighted by Gasteiger charge is -2.47. The molecule has 2 aliphatic rings. The van der Waals surface area contributed by atoms with Crippen molar-refractivity contribution in [2.45, 2.75) is 31.0 Å². The maximum Gasteiger partial charge on any atom is 0.257 e. The number of carbonyl (C=O) groups excluding carboxylic acids is 1. The number of hydrogen-bond donors (Lipinski definition) is 1. The van der Waals surface area contributed by atoms with Gasteiger partial charge in [-0.2, -0.15) is 0 Å². The number of nitrogens with zero attached hydrogens (tertiary/aromatic N) is 1. The zero-order chi connectivity index (χ0) is 16.7. The Morgan fingerprint density at radius 1 is 1.35 bits per heavy atom. The minimum absolute atomic E-state index is 0.0920. The second kappa shape index (κ2) is 5.69. The van der Waals surface area contributed by atoms with E-state index in [1.165, 1.54) is 7.11 Å². The predicted molar refractivity (Wildman–Crippen MR) is 84.0 cm³/mol. The zero-order valence-corrected chi connectivity index (χ0v) is 13.8. The third-order valence-electron chi connectivity index (χ3n) is 4.84. The average molecular weight is 321 g/mol. The fraction of sp³-hybridized carbons (Fsp3) is 0.588. The lowest BCUT2D eigenvalue weighted by molar-refractivity contribution is -0.0956. The Morgan fingerprint density at radius 3 is 2.65 bits per heavy atom. The molecule has 0 bridgehead atoms. The molecule has 23 heavy (non-hydrogen) atoms. The van der Waals surface area contributed by atoms with Gasteiger partial charge in [-0.15, -0.1) is 0 Å². The molecule has 126 valence electrons. The number of methoxy groups -OCH3 is 2. The Hall–Kier alpha value is -1.79. The molecule has 2 saturated heterocycles. The zero-order valence-electron chi connectivity index (χ0n) is 13.8. The number of rotatable bonds is 4. The number of likely N-dealkylation sites (tertiary alicyclic amines) is 1. The smallest absolute Gasteiger partial charge is 0.257 e. The lowest BCUT2D eigenvalue weighted by Crippen LogP contribution is -2.63. The fourth-order valence-corrected chi connectivity index (χ4v) is 3.36. The van der Waals surface area contributed by atoms with Crippen LogP contribution in [-0.2, 0) is 4.74 Å². The van der Waals surface area contributed by atoms with Gasteiger partial charge in [0.15, 0.2) is 0 Å². The van der Waals surface area contributed by atoms with Gasteiger partial charge in [-0.05, 0) is 18.6 Å².